The van der Waals surface area contributed by atoms with Crippen molar-refractivity contribution in [3.8, 4) is 5.75 Å². The maximum absolute atomic E-state index is 12.4. The molecule has 0 N–H and O–H groups in total. The molecular formula is C13H18N2O6S. The molecular weight excluding hydrogens is 312 g/mol. The molecule has 0 aromatic heterocycles. The number of carbonyl (C=O) groups is 1. The van der Waals surface area contributed by atoms with Crippen LogP contribution >= 0.6 is 0 Å². The second kappa shape index (κ2) is 7.32. The average Bonchev–Trinajstić information content (AvgIpc) is 2.45. The van der Waals surface area contributed by atoms with Crippen molar-refractivity contribution in [3.05, 3.63) is 28.3 Å². The molecule has 0 bridgehead atoms. The van der Waals surface area contributed by atoms with Crippen molar-refractivity contribution >= 4 is 21.5 Å². The number of sulfonamides is 1. The summed E-state index contributed by atoms with van der Waals surface area (Å²) in [6.07, 6.45) is 0. The number of ketones is 1. The normalized spacial score (nSPS) is 11.5. The van der Waals surface area contributed by atoms with Gasteiger partial charge in [-0.3, -0.25) is 14.9 Å². The molecule has 0 saturated carbocycles. The first-order valence-corrected chi connectivity index (χ1v) is 8.08. The summed E-state index contributed by atoms with van der Waals surface area (Å²) in [6.45, 7) is 4.85. The second-order valence-electron chi connectivity index (χ2n) is 4.47. The zero-order valence-electron chi connectivity index (χ0n) is 12.6. The first-order valence-electron chi connectivity index (χ1n) is 6.64. The minimum Gasteiger partial charge on any atom is -0.479 e. The maximum atomic E-state index is 12.4. The highest BCUT2D eigenvalue weighted by atomic mass is 32.2. The fraction of sp³-hybridized carbons (Fsp3) is 0.462. The molecule has 0 unspecified atom stereocenters. The van der Waals surface area contributed by atoms with E-state index in [1.807, 2.05) is 0 Å². The molecule has 0 fully saturated rings. The van der Waals surface area contributed by atoms with E-state index in [4.69, 9.17) is 4.74 Å². The SMILES string of the molecule is CCN(CC)S(=O)(=O)c1ccc(OCC(C)=O)c([N+](=O)[O-])c1. The zero-order valence-corrected chi connectivity index (χ0v) is 13.4. The summed E-state index contributed by atoms with van der Waals surface area (Å²) in [4.78, 5) is 21.1. The van der Waals surface area contributed by atoms with Crippen molar-refractivity contribution in [1.29, 1.82) is 0 Å². The summed E-state index contributed by atoms with van der Waals surface area (Å²) in [5, 5.41) is 11.1. The highest BCUT2D eigenvalue weighted by molar-refractivity contribution is 7.89. The summed E-state index contributed by atoms with van der Waals surface area (Å²) < 4.78 is 30.9. The van der Waals surface area contributed by atoms with Crippen LogP contribution in [0.5, 0.6) is 5.75 Å². The van der Waals surface area contributed by atoms with Gasteiger partial charge in [-0.15, -0.1) is 0 Å². The van der Waals surface area contributed by atoms with Crippen LogP contribution in [-0.2, 0) is 14.8 Å². The predicted molar refractivity (Wildman–Crippen MR) is 79.4 cm³/mol. The summed E-state index contributed by atoms with van der Waals surface area (Å²) >= 11 is 0. The van der Waals surface area contributed by atoms with Crippen molar-refractivity contribution < 1.29 is 22.9 Å². The highest BCUT2D eigenvalue weighted by Crippen LogP contribution is 2.30. The zero-order chi connectivity index (χ0) is 16.9. The van der Waals surface area contributed by atoms with Crippen LogP contribution in [0.3, 0.4) is 0 Å². The lowest BCUT2D eigenvalue weighted by Crippen LogP contribution is -2.30. The van der Waals surface area contributed by atoms with Crippen molar-refractivity contribution in [2.45, 2.75) is 25.7 Å². The van der Waals surface area contributed by atoms with Crippen molar-refractivity contribution in [1.82, 2.24) is 4.31 Å². The van der Waals surface area contributed by atoms with Gasteiger partial charge in [-0.2, -0.15) is 4.31 Å². The standard InChI is InChI=1S/C13H18N2O6S/c1-4-14(5-2)22(19,20)11-6-7-13(21-9-10(3)16)12(8-11)15(17)18/h6-8H,4-5,9H2,1-3H3. The molecule has 0 aliphatic carbocycles. The monoisotopic (exact) mass is 330 g/mol. The highest BCUT2D eigenvalue weighted by Gasteiger charge is 2.26. The van der Waals surface area contributed by atoms with E-state index in [9.17, 15) is 23.3 Å². The molecule has 0 amide bonds. The molecule has 0 radical (unpaired) electrons. The number of nitro benzene ring substituents is 1. The Morgan fingerprint density at radius 2 is 1.91 bits per heavy atom. The van der Waals surface area contributed by atoms with Gasteiger partial charge in [-0.25, -0.2) is 8.42 Å². The van der Waals surface area contributed by atoms with Crippen LogP contribution in [0.15, 0.2) is 23.1 Å². The van der Waals surface area contributed by atoms with E-state index >= 15 is 0 Å². The van der Waals surface area contributed by atoms with E-state index in [1.54, 1.807) is 13.8 Å². The van der Waals surface area contributed by atoms with Crippen LogP contribution in [0.2, 0.25) is 0 Å². The molecule has 1 aromatic rings. The molecule has 0 spiro atoms. The van der Waals surface area contributed by atoms with Gasteiger partial charge in [0.05, 0.1) is 9.82 Å². The molecule has 1 aromatic carbocycles. The van der Waals surface area contributed by atoms with Gasteiger partial charge in [-0.1, -0.05) is 13.8 Å². The average molecular weight is 330 g/mol. The van der Waals surface area contributed by atoms with Crippen LogP contribution < -0.4 is 4.74 Å². The molecule has 9 heteroatoms. The fourth-order valence-electron chi connectivity index (χ4n) is 1.81. The quantitative estimate of drug-likeness (QED) is 0.529. The van der Waals surface area contributed by atoms with Crippen LogP contribution in [0.1, 0.15) is 20.8 Å². The summed E-state index contributed by atoms with van der Waals surface area (Å²) in [5.41, 5.74) is -0.491. The molecule has 0 saturated heterocycles. The summed E-state index contributed by atoms with van der Waals surface area (Å²) in [6, 6.07) is 3.37. The molecule has 122 valence electrons. The second-order valence-corrected chi connectivity index (χ2v) is 6.40. The third kappa shape index (κ3) is 4.01. The van der Waals surface area contributed by atoms with E-state index in [0.29, 0.717) is 0 Å². The molecule has 0 heterocycles. The number of Topliss-reactive ketones (excluding diaryl/α,β-unsaturated/α-hetero) is 1. The van der Waals surface area contributed by atoms with Crippen molar-refractivity contribution in [3.63, 3.8) is 0 Å². The van der Waals surface area contributed by atoms with Gasteiger partial charge in [0.15, 0.2) is 11.5 Å². The molecule has 0 atom stereocenters. The molecule has 22 heavy (non-hydrogen) atoms. The Morgan fingerprint density at radius 1 is 1.32 bits per heavy atom. The van der Waals surface area contributed by atoms with E-state index in [2.05, 4.69) is 0 Å². The Balaban J connectivity index is 3.28. The van der Waals surface area contributed by atoms with Crippen molar-refractivity contribution in [2.24, 2.45) is 0 Å². The Bertz CT molecular complexity index is 667. The first kappa shape index (κ1) is 18.1. The number of hydrogen-bond donors (Lipinski definition) is 0. The Labute approximate surface area is 128 Å². The third-order valence-corrected chi connectivity index (χ3v) is 4.95. The number of benzene rings is 1. The molecule has 0 aliphatic heterocycles. The minimum absolute atomic E-state index is 0.140. The number of nitro groups is 1. The van der Waals surface area contributed by atoms with E-state index in [0.717, 1.165) is 6.07 Å². The lowest BCUT2D eigenvalue weighted by molar-refractivity contribution is -0.386. The van der Waals surface area contributed by atoms with Crippen molar-refractivity contribution in [2.75, 3.05) is 19.7 Å². The number of rotatable bonds is 8. The predicted octanol–water partition coefficient (Wildman–Crippen LogP) is 1.59. The van der Waals surface area contributed by atoms with Gasteiger partial charge in [-0.05, 0) is 19.1 Å². The van der Waals surface area contributed by atoms with Gasteiger partial charge in [0.2, 0.25) is 10.0 Å². The Morgan fingerprint density at radius 3 is 2.36 bits per heavy atom. The molecule has 8 nitrogen and oxygen atoms in total. The largest absolute Gasteiger partial charge is 0.479 e. The number of carbonyl (C=O) groups excluding carboxylic acids is 1. The van der Waals surface area contributed by atoms with Crippen LogP contribution in [0.4, 0.5) is 5.69 Å². The maximum Gasteiger partial charge on any atom is 0.312 e. The van der Waals surface area contributed by atoms with E-state index in [1.165, 1.54) is 23.4 Å². The third-order valence-electron chi connectivity index (χ3n) is 2.90. The minimum atomic E-state index is -3.80. The van der Waals surface area contributed by atoms with Gasteiger partial charge in [0.25, 0.3) is 0 Å². The fourth-order valence-corrected chi connectivity index (χ4v) is 3.29. The lowest BCUT2D eigenvalue weighted by atomic mass is 10.3. The molecule has 1 rings (SSSR count). The number of ether oxygens (including phenoxy) is 1. The Kier molecular flexibility index (Phi) is 6.01. The molecule has 0 aliphatic rings. The van der Waals surface area contributed by atoms with Gasteiger partial charge in [0, 0.05) is 19.2 Å². The van der Waals surface area contributed by atoms with Gasteiger partial charge < -0.3 is 4.74 Å². The van der Waals surface area contributed by atoms with Crippen LogP contribution in [-0.4, -0.2) is 43.1 Å². The first-order chi connectivity index (χ1) is 10.2. The van der Waals surface area contributed by atoms with E-state index < -0.39 is 20.6 Å². The summed E-state index contributed by atoms with van der Waals surface area (Å²) in [7, 11) is -3.80. The smallest absolute Gasteiger partial charge is 0.312 e. The Hall–Kier alpha value is -2.00. The number of hydrogen-bond acceptors (Lipinski definition) is 6. The lowest BCUT2D eigenvalue weighted by Gasteiger charge is -2.18. The van der Waals surface area contributed by atoms with Crippen LogP contribution in [0.25, 0.3) is 0 Å². The summed E-state index contributed by atoms with van der Waals surface area (Å²) in [5.74, 6) is -0.437. The van der Waals surface area contributed by atoms with Gasteiger partial charge >= 0.3 is 5.69 Å². The van der Waals surface area contributed by atoms with Crippen LogP contribution in [0, 0.1) is 10.1 Å². The number of nitrogens with zero attached hydrogens (tertiary/aromatic N) is 2. The van der Waals surface area contributed by atoms with Gasteiger partial charge in [0.1, 0.15) is 6.61 Å². The van der Waals surface area contributed by atoms with E-state index in [-0.39, 0.29) is 36.1 Å². The topological polar surface area (TPSA) is 107 Å².